The lowest BCUT2D eigenvalue weighted by Crippen LogP contribution is -2.31. The molecule has 0 spiro atoms. The molecule has 0 radical (unpaired) electrons. The summed E-state index contributed by atoms with van der Waals surface area (Å²) in [6.45, 7) is 9.07. The molecular weight excluding hydrogens is 375 g/mol. The second-order valence-electron chi connectivity index (χ2n) is 8.61. The number of likely N-dealkylation sites (N-methyl/N-ethyl adjacent to an activating group) is 1. The van der Waals surface area contributed by atoms with Crippen molar-refractivity contribution in [2.75, 3.05) is 19.0 Å². The topological polar surface area (TPSA) is 6.25 Å². The van der Waals surface area contributed by atoms with Crippen molar-refractivity contribution in [3.05, 3.63) is 69.3 Å². The third-order valence-electron chi connectivity index (χ3n) is 6.26. The molecule has 2 aliphatic rings. The molecule has 27 heavy (non-hydrogen) atoms. The van der Waals surface area contributed by atoms with Gasteiger partial charge in [0.1, 0.15) is 7.05 Å². The summed E-state index contributed by atoms with van der Waals surface area (Å²) >= 11 is 12.6. The quantitative estimate of drug-likeness (QED) is 0.509. The van der Waals surface area contributed by atoms with E-state index < -0.39 is 0 Å². The van der Waals surface area contributed by atoms with Crippen molar-refractivity contribution in [3.8, 4) is 0 Å². The van der Waals surface area contributed by atoms with Gasteiger partial charge in [-0.2, -0.15) is 4.58 Å². The minimum Gasteiger partial charge on any atom is -0.347 e. The minimum absolute atomic E-state index is 0.120. The van der Waals surface area contributed by atoms with Crippen LogP contribution >= 0.6 is 23.2 Å². The summed E-state index contributed by atoms with van der Waals surface area (Å²) < 4.78 is 2.29. The zero-order chi connectivity index (χ0) is 19.7. The van der Waals surface area contributed by atoms with Crippen LogP contribution in [0.2, 0.25) is 10.0 Å². The van der Waals surface area contributed by atoms with Crippen LogP contribution in [0.4, 0.5) is 11.4 Å². The first-order valence-electron chi connectivity index (χ1n) is 9.22. The Morgan fingerprint density at radius 1 is 0.889 bits per heavy atom. The summed E-state index contributed by atoms with van der Waals surface area (Å²) in [4.78, 5) is 2.29. The largest absolute Gasteiger partial charge is 0.347 e. The molecule has 4 rings (SSSR count). The highest BCUT2D eigenvalue weighted by atomic mass is 35.5. The first-order valence-corrected chi connectivity index (χ1v) is 9.98. The first-order chi connectivity index (χ1) is 12.5. The van der Waals surface area contributed by atoms with E-state index in [0.717, 1.165) is 10.0 Å². The highest BCUT2D eigenvalue weighted by Gasteiger charge is 2.46. The Morgan fingerprint density at radius 3 is 2.15 bits per heavy atom. The van der Waals surface area contributed by atoms with Crippen LogP contribution in [-0.2, 0) is 10.8 Å². The number of fused-ring (bicyclic) bond motifs is 2. The van der Waals surface area contributed by atoms with Crippen molar-refractivity contribution in [2.45, 2.75) is 38.5 Å². The molecule has 0 N–H and O–H groups in total. The van der Waals surface area contributed by atoms with E-state index in [1.807, 2.05) is 12.1 Å². The van der Waals surface area contributed by atoms with Gasteiger partial charge in [-0.25, -0.2) is 0 Å². The lowest BCUT2D eigenvalue weighted by molar-refractivity contribution is -0.401. The average molecular weight is 400 g/mol. The Morgan fingerprint density at radius 2 is 1.48 bits per heavy atom. The molecule has 0 amide bonds. The van der Waals surface area contributed by atoms with Crippen LogP contribution < -0.4 is 4.90 Å². The Balaban J connectivity index is 1.89. The smallest absolute Gasteiger partial charge is 0.209 e. The molecule has 140 valence electrons. The van der Waals surface area contributed by atoms with Crippen molar-refractivity contribution in [3.63, 3.8) is 0 Å². The number of halogens is 2. The zero-order valence-electron chi connectivity index (χ0n) is 16.7. The highest BCUT2D eigenvalue weighted by Crippen LogP contribution is 2.49. The minimum atomic E-state index is -0.120. The number of hydrogen-bond acceptors (Lipinski definition) is 1. The van der Waals surface area contributed by atoms with Gasteiger partial charge in [-0.1, -0.05) is 37.0 Å². The Hall–Kier alpha value is -1.77. The molecule has 0 saturated heterocycles. The standard InChI is InChI=1S/C23H25Cl2N2/c1-22(2)16-11-14(24)7-9-18(16)26(5)20(22)13-21-23(3,4)17-12-15(25)8-10-19(17)27(21)6/h7-13H,1-6H3/q+1. The second kappa shape index (κ2) is 5.86. The van der Waals surface area contributed by atoms with Crippen molar-refractivity contribution in [2.24, 2.45) is 0 Å². The number of hydrogen-bond donors (Lipinski definition) is 0. The van der Waals surface area contributed by atoms with E-state index in [2.05, 4.69) is 81.6 Å². The molecule has 2 heterocycles. The Labute approximate surface area is 171 Å². The molecule has 0 bridgehead atoms. The monoisotopic (exact) mass is 399 g/mol. The molecular formula is C23H25Cl2N2+. The normalized spacial score (nSPS) is 21.0. The van der Waals surface area contributed by atoms with E-state index in [1.54, 1.807) is 0 Å². The van der Waals surface area contributed by atoms with Gasteiger partial charge in [0.2, 0.25) is 5.69 Å². The van der Waals surface area contributed by atoms with Crippen LogP contribution in [0.1, 0.15) is 38.8 Å². The Bertz CT molecular complexity index is 1030. The Kier molecular flexibility index (Phi) is 4.04. The van der Waals surface area contributed by atoms with Crippen molar-refractivity contribution in [1.29, 1.82) is 0 Å². The molecule has 0 fully saturated rings. The molecule has 2 aromatic rings. The number of allylic oxidation sites excluding steroid dienone is 2. The molecule has 0 atom stereocenters. The number of anilines is 1. The van der Waals surface area contributed by atoms with Gasteiger partial charge in [0.25, 0.3) is 0 Å². The van der Waals surface area contributed by atoms with Crippen molar-refractivity contribution in [1.82, 2.24) is 0 Å². The molecule has 0 aromatic heterocycles. The maximum absolute atomic E-state index is 6.30. The van der Waals surface area contributed by atoms with Crippen LogP contribution in [0.15, 0.2) is 48.2 Å². The predicted molar refractivity (Wildman–Crippen MR) is 116 cm³/mol. The molecule has 0 unspecified atom stereocenters. The van der Waals surface area contributed by atoms with Gasteiger partial charge in [0.15, 0.2) is 5.71 Å². The number of nitrogens with zero attached hydrogens (tertiary/aromatic N) is 2. The summed E-state index contributed by atoms with van der Waals surface area (Å²) in [6.07, 6.45) is 2.35. The van der Waals surface area contributed by atoms with Gasteiger partial charge in [0.05, 0.1) is 5.41 Å². The lowest BCUT2D eigenvalue weighted by Gasteiger charge is -2.25. The van der Waals surface area contributed by atoms with E-state index in [1.165, 1.54) is 33.9 Å². The summed E-state index contributed by atoms with van der Waals surface area (Å²) in [6, 6.07) is 12.3. The molecule has 4 heteroatoms. The predicted octanol–water partition coefficient (Wildman–Crippen LogP) is 6.31. The molecule has 2 aliphatic heterocycles. The van der Waals surface area contributed by atoms with Gasteiger partial charge in [-0.05, 0) is 49.7 Å². The van der Waals surface area contributed by atoms with Gasteiger partial charge >= 0.3 is 0 Å². The van der Waals surface area contributed by atoms with Gasteiger partial charge in [-0.3, -0.25) is 0 Å². The van der Waals surface area contributed by atoms with Crippen molar-refractivity contribution >= 4 is 40.3 Å². The van der Waals surface area contributed by atoms with Gasteiger partial charge < -0.3 is 4.90 Å². The SMILES string of the molecule is CN1/C(=C/C2=[N+](C)c3ccc(Cl)cc3C2(C)C)C(C)(C)c2cc(Cl)ccc21. The van der Waals surface area contributed by atoms with Crippen LogP contribution in [0.25, 0.3) is 0 Å². The van der Waals surface area contributed by atoms with E-state index in [-0.39, 0.29) is 10.8 Å². The second-order valence-corrected chi connectivity index (χ2v) is 9.48. The molecule has 0 saturated carbocycles. The van der Waals surface area contributed by atoms with Crippen LogP contribution in [-0.4, -0.2) is 24.4 Å². The van der Waals surface area contributed by atoms with Crippen LogP contribution in [0.5, 0.6) is 0 Å². The van der Waals surface area contributed by atoms with Crippen LogP contribution in [0, 0.1) is 0 Å². The number of rotatable bonds is 1. The molecule has 0 aliphatic carbocycles. The summed E-state index contributed by atoms with van der Waals surface area (Å²) in [5.41, 5.74) is 7.27. The third kappa shape index (κ3) is 2.57. The van der Waals surface area contributed by atoms with E-state index in [9.17, 15) is 0 Å². The highest BCUT2D eigenvalue weighted by molar-refractivity contribution is 6.31. The summed E-state index contributed by atoms with van der Waals surface area (Å²) in [7, 11) is 4.28. The van der Waals surface area contributed by atoms with Gasteiger partial charge in [0, 0.05) is 51.6 Å². The fourth-order valence-electron chi connectivity index (χ4n) is 4.66. The van der Waals surface area contributed by atoms with Crippen LogP contribution in [0.3, 0.4) is 0 Å². The fourth-order valence-corrected chi connectivity index (χ4v) is 5.00. The van der Waals surface area contributed by atoms with E-state index in [4.69, 9.17) is 23.2 Å². The van der Waals surface area contributed by atoms with E-state index >= 15 is 0 Å². The fraction of sp³-hybridized carbons (Fsp3) is 0.348. The van der Waals surface area contributed by atoms with Gasteiger partial charge in [-0.15, -0.1) is 0 Å². The van der Waals surface area contributed by atoms with Crippen molar-refractivity contribution < 1.29 is 4.58 Å². The lowest BCUT2D eigenvalue weighted by atomic mass is 9.78. The maximum atomic E-state index is 6.30. The first kappa shape index (κ1) is 18.6. The molecule has 2 nitrogen and oxygen atoms in total. The summed E-state index contributed by atoms with van der Waals surface area (Å²) in [5, 5.41) is 1.56. The average Bonchev–Trinajstić information content (AvgIpc) is 2.89. The number of benzene rings is 2. The third-order valence-corrected chi connectivity index (χ3v) is 6.73. The molecule has 2 aromatic carbocycles. The maximum Gasteiger partial charge on any atom is 0.209 e. The zero-order valence-corrected chi connectivity index (χ0v) is 18.2. The summed E-state index contributed by atoms with van der Waals surface area (Å²) in [5.74, 6) is 0. The van der Waals surface area contributed by atoms with E-state index in [0.29, 0.717) is 0 Å².